The van der Waals surface area contributed by atoms with Crippen molar-refractivity contribution in [2.24, 2.45) is 11.8 Å². The van der Waals surface area contributed by atoms with Gasteiger partial charge in [-0.05, 0) is 24.7 Å². The van der Waals surface area contributed by atoms with E-state index >= 15 is 0 Å². The zero-order valence-corrected chi connectivity index (χ0v) is 8.73. The van der Waals surface area contributed by atoms with Crippen molar-refractivity contribution in [2.45, 2.75) is 33.1 Å². The molecule has 0 N–H and O–H groups in total. The van der Waals surface area contributed by atoms with E-state index in [9.17, 15) is 8.42 Å². The van der Waals surface area contributed by atoms with Crippen molar-refractivity contribution in [1.29, 1.82) is 0 Å². The Morgan fingerprint density at radius 2 is 2.08 bits per heavy atom. The fraction of sp³-hybridized carbons (Fsp3) is 1.00. The van der Waals surface area contributed by atoms with Gasteiger partial charge in [-0.25, -0.2) is 8.42 Å². The van der Waals surface area contributed by atoms with Crippen molar-refractivity contribution < 1.29 is 8.42 Å². The van der Waals surface area contributed by atoms with Crippen LogP contribution in [0.25, 0.3) is 0 Å². The van der Waals surface area contributed by atoms with Crippen LogP contribution in [0.1, 0.15) is 33.1 Å². The highest BCUT2D eigenvalue weighted by molar-refractivity contribution is 7.91. The summed E-state index contributed by atoms with van der Waals surface area (Å²) in [4.78, 5) is 0. The molecule has 1 aliphatic heterocycles. The van der Waals surface area contributed by atoms with E-state index in [1.165, 1.54) is 0 Å². The van der Waals surface area contributed by atoms with Crippen LogP contribution >= 0.6 is 0 Å². The van der Waals surface area contributed by atoms with Crippen molar-refractivity contribution in [3.8, 4) is 0 Å². The molecule has 0 aliphatic carbocycles. The zero-order valence-electron chi connectivity index (χ0n) is 7.91. The molecule has 1 aliphatic rings. The lowest BCUT2D eigenvalue weighted by molar-refractivity contribution is 0.402. The van der Waals surface area contributed by atoms with Gasteiger partial charge in [0.25, 0.3) is 0 Å². The maximum absolute atomic E-state index is 11.3. The van der Waals surface area contributed by atoms with Gasteiger partial charge in [-0.2, -0.15) is 0 Å². The third kappa shape index (κ3) is 2.77. The summed E-state index contributed by atoms with van der Waals surface area (Å²) in [5.41, 5.74) is 0. The highest BCUT2D eigenvalue weighted by atomic mass is 32.2. The van der Waals surface area contributed by atoms with Crippen LogP contribution in [0.2, 0.25) is 0 Å². The molecule has 0 aromatic heterocycles. The van der Waals surface area contributed by atoms with Gasteiger partial charge in [-0.1, -0.05) is 20.3 Å². The molecular formula is C9H18O2S. The largest absolute Gasteiger partial charge is 0.229 e. The van der Waals surface area contributed by atoms with Crippen LogP contribution in [0.15, 0.2) is 0 Å². The fourth-order valence-electron chi connectivity index (χ4n) is 1.99. The molecule has 1 fully saturated rings. The second-order valence-corrected chi connectivity index (χ2v) is 6.25. The zero-order chi connectivity index (χ0) is 9.19. The normalized spacial score (nSPS) is 35.8. The van der Waals surface area contributed by atoms with Crippen LogP contribution in [0, 0.1) is 11.8 Å². The molecule has 12 heavy (non-hydrogen) atoms. The summed E-state index contributed by atoms with van der Waals surface area (Å²) < 4.78 is 22.7. The molecular weight excluding hydrogens is 172 g/mol. The van der Waals surface area contributed by atoms with Crippen molar-refractivity contribution in [3.05, 3.63) is 0 Å². The average molecular weight is 190 g/mol. The van der Waals surface area contributed by atoms with Crippen LogP contribution in [-0.2, 0) is 9.84 Å². The van der Waals surface area contributed by atoms with Crippen LogP contribution in [-0.4, -0.2) is 19.9 Å². The average Bonchev–Trinajstić information content (AvgIpc) is 2.07. The summed E-state index contributed by atoms with van der Waals surface area (Å²) in [6.07, 6.45) is 3.10. The summed E-state index contributed by atoms with van der Waals surface area (Å²) >= 11 is 0. The van der Waals surface area contributed by atoms with Gasteiger partial charge >= 0.3 is 0 Å². The molecule has 0 saturated carbocycles. The molecule has 0 aromatic rings. The van der Waals surface area contributed by atoms with Gasteiger partial charge in [0.15, 0.2) is 9.84 Å². The molecule has 2 atom stereocenters. The Kier molecular flexibility index (Phi) is 3.16. The van der Waals surface area contributed by atoms with Crippen LogP contribution in [0.5, 0.6) is 0 Å². The summed E-state index contributed by atoms with van der Waals surface area (Å²) in [6.45, 7) is 4.20. The molecule has 2 nitrogen and oxygen atoms in total. The Morgan fingerprint density at radius 1 is 1.42 bits per heavy atom. The third-order valence-electron chi connectivity index (χ3n) is 2.69. The number of rotatable bonds is 1. The SMILES string of the molecule is CCC1CCS(=O)(=O)CC(C)C1. The van der Waals surface area contributed by atoms with Gasteiger partial charge in [0.05, 0.1) is 11.5 Å². The third-order valence-corrected chi connectivity index (χ3v) is 4.62. The van der Waals surface area contributed by atoms with E-state index in [4.69, 9.17) is 0 Å². The standard InChI is InChI=1S/C9H18O2S/c1-3-9-4-5-12(10,11)7-8(2)6-9/h8-9H,3-7H2,1-2H3. The van der Waals surface area contributed by atoms with Crippen molar-refractivity contribution in [2.75, 3.05) is 11.5 Å². The van der Waals surface area contributed by atoms with Crippen molar-refractivity contribution in [1.82, 2.24) is 0 Å². The maximum Gasteiger partial charge on any atom is 0.150 e. The van der Waals surface area contributed by atoms with E-state index in [1.54, 1.807) is 0 Å². The lowest BCUT2D eigenvalue weighted by Gasteiger charge is -2.12. The van der Waals surface area contributed by atoms with Gasteiger partial charge in [-0.15, -0.1) is 0 Å². The topological polar surface area (TPSA) is 34.1 Å². The molecule has 0 amide bonds. The minimum atomic E-state index is -2.71. The minimum Gasteiger partial charge on any atom is -0.229 e. The molecule has 3 heteroatoms. The van der Waals surface area contributed by atoms with Gasteiger partial charge in [0.2, 0.25) is 0 Å². The molecule has 2 unspecified atom stereocenters. The summed E-state index contributed by atoms with van der Waals surface area (Å²) in [5, 5.41) is 0. The molecule has 1 heterocycles. The summed E-state index contributed by atoms with van der Waals surface area (Å²) in [6, 6.07) is 0. The second kappa shape index (κ2) is 3.77. The minimum absolute atomic E-state index is 0.363. The molecule has 72 valence electrons. The van der Waals surface area contributed by atoms with Crippen LogP contribution in [0.3, 0.4) is 0 Å². The number of sulfone groups is 1. The van der Waals surface area contributed by atoms with Crippen LogP contribution in [0.4, 0.5) is 0 Å². The van der Waals surface area contributed by atoms with E-state index < -0.39 is 9.84 Å². The van der Waals surface area contributed by atoms with Gasteiger partial charge < -0.3 is 0 Å². The van der Waals surface area contributed by atoms with E-state index in [1.807, 2.05) is 6.92 Å². The first-order valence-electron chi connectivity index (χ1n) is 4.74. The summed E-state index contributed by atoms with van der Waals surface area (Å²) in [5.74, 6) is 1.82. The first-order valence-corrected chi connectivity index (χ1v) is 6.56. The van der Waals surface area contributed by atoms with Crippen LogP contribution < -0.4 is 0 Å². The maximum atomic E-state index is 11.3. The predicted octanol–water partition coefficient (Wildman–Crippen LogP) is 1.86. The van der Waals surface area contributed by atoms with Gasteiger partial charge in [-0.3, -0.25) is 0 Å². The highest BCUT2D eigenvalue weighted by Crippen LogP contribution is 2.25. The van der Waals surface area contributed by atoms with Gasteiger partial charge in [0, 0.05) is 0 Å². The van der Waals surface area contributed by atoms with Crippen molar-refractivity contribution >= 4 is 9.84 Å². The summed E-state index contributed by atoms with van der Waals surface area (Å²) in [7, 11) is -2.71. The van der Waals surface area contributed by atoms with E-state index in [2.05, 4.69) is 6.92 Å². The highest BCUT2D eigenvalue weighted by Gasteiger charge is 2.24. The Hall–Kier alpha value is -0.0500. The molecule has 1 saturated heterocycles. The lowest BCUT2D eigenvalue weighted by Crippen LogP contribution is -2.13. The monoisotopic (exact) mass is 190 g/mol. The molecule has 0 spiro atoms. The fourth-order valence-corrected chi connectivity index (χ4v) is 3.85. The number of hydrogen-bond acceptors (Lipinski definition) is 2. The quantitative estimate of drug-likeness (QED) is 0.632. The van der Waals surface area contributed by atoms with Crippen molar-refractivity contribution in [3.63, 3.8) is 0 Å². The second-order valence-electron chi connectivity index (χ2n) is 4.02. The van der Waals surface area contributed by atoms with Gasteiger partial charge in [0.1, 0.15) is 0 Å². The Morgan fingerprint density at radius 3 is 2.67 bits per heavy atom. The Bertz CT molecular complexity index is 231. The molecule has 0 aromatic carbocycles. The number of hydrogen-bond donors (Lipinski definition) is 0. The predicted molar refractivity (Wildman–Crippen MR) is 50.8 cm³/mol. The first kappa shape index (κ1) is 10.0. The molecule has 0 bridgehead atoms. The molecule has 1 rings (SSSR count). The van der Waals surface area contributed by atoms with E-state index in [-0.39, 0.29) is 0 Å². The van der Waals surface area contributed by atoms with E-state index in [0.29, 0.717) is 23.3 Å². The molecule has 0 radical (unpaired) electrons. The Balaban J connectivity index is 2.65. The Labute approximate surface area is 75.3 Å². The van der Waals surface area contributed by atoms with E-state index in [0.717, 1.165) is 19.3 Å². The lowest BCUT2D eigenvalue weighted by atomic mass is 9.93. The first-order chi connectivity index (χ1) is 5.53. The smallest absolute Gasteiger partial charge is 0.150 e.